The van der Waals surface area contributed by atoms with Crippen LogP contribution < -0.4 is 0 Å². The van der Waals surface area contributed by atoms with Gasteiger partial charge in [-0.25, -0.2) is 0 Å². The first-order valence-electron chi connectivity index (χ1n) is 7.91. The molecule has 124 valence electrons. The number of nitrogens with zero attached hydrogens (tertiary/aromatic N) is 5. The van der Waals surface area contributed by atoms with Crippen molar-refractivity contribution in [3.05, 3.63) is 11.7 Å². The van der Waals surface area contributed by atoms with Gasteiger partial charge in [0.1, 0.15) is 0 Å². The summed E-state index contributed by atoms with van der Waals surface area (Å²) in [5.74, 6) is 1.21. The molecule has 7 nitrogen and oxygen atoms in total. The number of likely N-dealkylation sites (N-methyl/N-ethyl adjacent to an activating group) is 1. The van der Waals surface area contributed by atoms with E-state index in [0.29, 0.717) is 30.7 Å². The van der Waals surface area contributed by atoms with Crippen molar-refractivity contribution in [3.63, 3.8) is 0 Å². The normalized spacial score (nSPS) is 18.4. The molecule has 1 unspecified atom stereocenters. The van der Waals surface area contributed by atoms with Crippen molar-refractivity contribution in [2.45, 2.75) is 39.3 Å². The second-order valence-electron chi connectivity index (χ2n) is 6.21. The second kappa shape index (κ2) is 7.69. The second-order valence-corrected chi connectivity index (χ2v) is 6.21. The van der Waals surface area contributed by atoms with Crippen molar-refractivity contribution in [2.24, 2.45) is 0 Å². The highest BCUT2D eigenvalue weighted by atomic mass is 16.5. The molecule has 7 heteroatoms. The van der Waals surface area contributed by atoms with Gasteiger partial charge in [0.25, 0.3) is 0 Å². The standard InChI is InChI=1S/C15H27N5O2/c1-12(20-9-7-18(3)8-10-20)5-6-15(21)19(4)11-14-16-13(2)17-22-14/h12H,5-11H2,1-4H3. The molecule has 2 heterocycles. The predicted octanol–water partition coefficient (Wildman–Crippen LogP) is 0.753. The van der Waals surface area contributed by atoms with Crippen LogP contribution in [0.25, 0.3) is 0 Å². The zero-order valence-corrected chi connectivity index (χ0v) is 14.1. The Hall–Kier alpha value is -1.47. The van der Waals surface area contributed by atoms with Crippen molar-refractivity contribution in [1.29, 1.82) is 0 Å². The van der Waals surface area contributed by atoms with E-state index in [4.69, 9.17) is 4.52 Å². The van der Waals surface area contributed by atoms with E-state index in [-0.39, 0.29) is 5.91 Å². The van der Waals surface area contributed by atoms with Crippen molar-refractivity contribution in [3.8, 4) is 0 Å². The van der Waals surface area contributed by atoms with Crippen LogP contribution in [0.15, 0.2) is 4.52 Å². The highest BCUT2D eigenvalue weighted by Crippen LogP contribution is 2.11. The number of aryl methyl sites for hydroxylation is 1. The maximum absolute atomic E-state index is 12.2. The van der Waals surface area contributed by atoms with E-state index in [1.807, 2.05) is 0 Å². The van der Waals surface area contributed by atoms with Gasteiger partial charge < -0.3 is 14.3 Å². The fraction of sp³-hybridized carbons (Fsp3) is 0.800. The lowest BCUT2D eigenvalue weighted by atomic mass is 10.1. The largest absolute Gasteiger partial charge is 0.337 e. The molecule has 0 aromatic carbocycles. The first-order valence-corrected chi connectivity index (χ1v) is 7.91. The molecule has 1 aliphatic heterocycles. The number of hydrogen-bond acceptors (Lipinski definition) is 6. The van der Waals surface area contributed by atoms with E-state index >= 15 is 0 Å². The Kier molecular flexibility index (Phi) is 5.90. The number of aromatic nitrogens is 2. The highest BCUT2D eigenvalue weighted by molar-refractivity contribution is 5.75. The van der Waals surface area contributed by atoms with Gasteiger partial charge in [-0.05, 0) is 27.3 Å². The molecular weight excluding hydrogens is 282 g/mol. The van der Waals surface area contributed by atoms with Crippen LogP contribution in [0.5, 0.6) is 0 Å². The van der Waals surface area contributed by atoms with Gasteiger partial charge in [0.2, 0.25) is 11.8 Å². The predicted molar refractivity (Wildman–Crippen MR) is 83.3 cm³/mol. The zero-order chi connectivity index (χ0) is 16.1. The number of carbonyl (C=O) groups excluding carboxylic acids is 1. The maximum Gasteiger partial charge on any atom is 0.246 e. The van der Waals surface area contributed by atoms with Gasteiger partial charge >= 0.3 is 0 Å². The van der Waals surface area contributed by atoms with Crippen LogP contribution >= 0.6 is 0 Å². The first kappa shape index (κ1) is 16.9. The lowest BCUT2D eigenvalue weighted by Crippen LogP contribution is -2.48. The summed E-state index contributed by atoms with van der Waals surface area (Å²) in [6, 6.07) is 0.441. The van der Waals surface area contributed by atoms with Crippen LogP contribution in [0, 0.1) is 6.92 Å². The highest BCUT2D eigenvalue weighted by Gasteiger charge is 2.20. The summed E-state index contributed by atoms with van der Waals surface area (Å²) in [6.45, 7) is 8.74. The van der Waals surface area contributed by atoms with E-state index in [2.05, 4.69) is 33.9 Å². The Morgan fingerprint density at radius 2 is 2.05 bits per heavy atom. The smallest absolute Gasteiger partial charge is 0.246 e. The van der Waals surface area contributed by atoms with Gasteiger partial charge in [0.15, 0.2) is 5.82 Å². The molecule has 0 spiro atoms. The molecule has 1 aliphatic rings. The SMILES string of the molecule is Cc1noc(CN(C)C(=O)CCC(C)N2CCN(C)CC2)n1. The maximum atomic E-state index is 12.2. The van der Waals surface area contributed by atoms with Gasteiger partial charge in [-0.15, -0.1) is 0 Å². The Balaban J connectivity index is 1.72. The fourth-order valence-corrected chi connectivity index (χ4v) is 2.66. The Morgan fingerprint density at radius 1 is 1.36 bits per heavy atom. The first-order chi connectivity index (χ1) is 10.5. The van der Waals surface area contributed by atoms with Crippen LogP contribution in [0.4, 0.5) is 0 Å². The number of carbonyl (C=O) groups is 1. The Bertz CT molecular complexity index is 482. The van der Waals surface area contributed by atoms with E-state index in [9.17, 15) is 4.79 Å². The van der Waals surface area contributed by atoms with Gasteiger partial charge in [0, 0.05) is 45.7 Å². The van der Waals surface area contributed by atoms with Crippen molar-refractivity contribution in [2.75, 3.05) is 40.3 Å². The molecular formula is C15H27N5O2. The molecule has 1 aromatic rings. The Morgan fingerprint density at radius 3 is 2.64 bits per heavy atom. The van der Waals surface area contributed by atoms with E-state index < -0.39 is 0 Å². The molecule has 1 aromatic heterocycles. The topological polar surface area (TPSA) is 65.7 Å². The molecule has 0 saturated carbocycles. The van der Waals surface area contributed by atoms with E-state index in [1.54, 1.807) is 18.9 Å². The monoisotopic (exact) mass is 309 g/mol. The van der Waals surface area contributed by atoms with Crippen molar-refractivity contribution in [1.82, 2.24) is 24.8 Å². The van der Waals surface area contributed by atoms with Crippen LogP contribution in [0.1, 0.15) is 31.5 Å². The summed E-state index contributed by atoms with van der Waals surface area (Å²) in [4.78, 5) is 22.8. The summed E-state index contributed by atoms with van der Waals surface area (Å²) in [6.07, 6.45) is 1.44. The summed E-state index contributed by atoms with van der Waals surface area (Å²) < 4.78 is 5.05. The quantitative estimate of drug-likeness (QED) is 0.773. The van der Waals surface area contributed by atoms with Gasteiger partial charge in [-0.3, -0.25) is 9.69 Å². The minimum atomic E-state index is 0.122. The number of hydrogen-bond donors (Lipinski definition) is 0. The average Bonchev–Trinajstić information content (AvgIpc) is 2.90. The zero-order valence-electron chi connectivity index (χ0n) is 14.1. The molecule has 0 bridgehead atoms. The minimum absolute atomic E-state index is 0.122. The Labute approximate surface area is 132 Å². The van der Waals surface area contributed by atoms with Crippen molar-refractivity contribution < 1.29 is 9.32 Å². The lowest BCUT2D eigenvalue weighted by molar-refractivity contribution is -0.131. The van der Waals surface area contributed by atoms with E-state index in [0.717, 1.165) is 32.6 Å². The number of amides is 1. The lowest BCUT2D eigenvalue weighted by Gasteiger charge is -2.36. The number of rotatable bonds is 6. The molecule has 1 amide bonds. The van der Waals surface area contributed by atoms with E-state index in [1.165, 1.54) is 0 Å². The van der Waals surface area contributed by atoms with Gasteiger partial charge in [0.05, 0.1) is 6.54 Å². The molecule has 1 saturated heterocycles. The summed E-state index contributed by atoms with van der Waals surface area (Å²) in [5.41, 5.74) is 0. The van der Waals surface area contributed by atoms with Gasteiger partial charge in [-0.1, -0.05) is 5.16 Å². The molecule has 0 aliphatic carbocycles. The minimum Gasteiger partial charge on any atom is -0.337 e. The third-order valence-electron chi connectivity index (χ3n) is 4.31. The van der Waals surface area contributed by atoms with Crippen molar-refractivity contribution >= 4 is 5.91 Å². The molecule has 1 fully saturated rings. The van der Waals surface area contributed by atoms with Crippen LogP contribution in [-0.2, 0) is 11.3 Å². The third kappa shape index (κ3) is 4.78. The average molecular weight is 309 g/mol. The summed E-state index contributed by atoms with van der Waals surface area (Å²) in [7, 11) is 3.93. The van der Waals surface area contributed by atoms with Crippen LogP contribution in [0.3, 0.4) is 0 Å². The van der Waals surface area contributed by atoms with Crippen LogP contribution in [-0.4, -0.2) is 77.1 Å². The van der Waals surface area contributed by atoms with Crippen LogP contribution in [0.2, 0.25) is 0 Å². The summed E-state index contributed by atoms with van der Waals surface area (Å²) >= 11 is 0. The molecule has 22 heavy (non-hydrogen) atoms. The summed E-state index contributed by atoms with van der Waals surface area (Å²) in [5, 5.41) is 3.74. The molecule has 0 N–H and O–H groups in total. The molecule has 2 rings (SSSR count). The molecule has 0 radical (unpaired) electrons. The third-order valence-corrected chi connectivity index (χ3v) is 4.31. The molecule has 1 atom stereocenters. The fourth-order valence-electron chi connectivity index (χ4n) is 2.66. The number of piperazine rings is 1. The van der Waals surface area contributed by atoms with Gasteiger partial charge in [-0.2, -0.15) is 4.98 Å².